The summed E-state index contributed by atoms with van der Waals surface area (Å²) in [5.74, 6) is 0. The molecule has 17 rings (SSSR count). The van der Waals surface area contributed by atoms with E-state index in [1.807, 2.05) is 0 Å². The Morgan fingerprint density at radius 2 is 0.656 bits per heavy atom. The fourth-order valence-electron chi connectivity index (χ4n) is 16.3. The van der Waals surface area contributed by atoms with Gasteiger partial charge in [-0.2, -0.15) is 0 Å². The van der Waals surface area contributed by atoms with Gasteiger partial charge in [-0.05, 0) is 191 Å². The van der Waals surface area contributed by atoms with Crippen LogP contribution in [0.1, 0.15) is 128 Å². The van der Waals surface area contributed by atoms with E-state index < -0.39 is 5.41 Å². The molecule has 0 amide bonds. The van der Waals surface area contributed by atoms with E-state index in [0.29, 0.717) is 0 Å². The average molecular weight is 1160 g/mol. The first-order valence-corrected chi connectivity index (χ1v) is 32.6. The minimum atomic E-state index is -0.504. The van der Waals surface area contributed by atoms with Gasteiger partial charge in [0.15, 0.2) is 0 Å². The fourth-order valence-corrected chi connectivity index (χ4v) is 16.3. The van der Waals surface area contributed by atoms with Crippen molar-refractivity contribution < 1.29 is 0 Å². The van der Waals surface area contributed by atoms with Gasteiger partial charge in [0.25, 0.3) is 6.71 Å². The van der Waals surface area contributed by atoms with E-state index in [1.54, 1.807) is 0 Å². The van der Waals surface area contributed by atoms with E-state index in [-0.39, 0.29) is 28.4 Å². The van der Waals surface area contributed by atoms with Gasteiger partial charge in [0, 0.05) is 44.9 Å². The lowest BCUT2D eigenvalue weighted by Gasteiger charge is -2.46. The molecule has 2 nitrogen and oxygen atoms in total. The third kappa shape index (κ3) is 7.77. The maximum Gasteiger partial charge on any atom is 0.252 e. The molecule has 13 aromatic carbocycles. The number of fused-ring (bicyclic) bond motifs is 22. The van der Waals surface area contributed by atoms with Gasteiger partial charge >= 0.3 is 0 Å². The Hall–Kier alpha value is -9.44. The van der Waals surface area contributed by atoms with Gasteiger partial charge < -0.3 is 9.80 Å². The van der Waals surface area contributed by atoms with Crippen molar-refractivity contribution >= 4 is 100 Å². The molecule has 0 saturated carbocycles. The maximum atomic E-state index is 2.73. The maximum absolute atomic E-state index is 2.73. The minimum Gasteiger partial charge on any atom is -0.311 e. The highest BCUT2D eigenvalue weighted by molar-refractivity contribution is 7.01. The zero-order chi connectivity index (χ0) is 61.7. The Morgan fingerprint density at radius 1 is 0.289 bits per heavy atom. The van der Waals surface area contributed by atoms with Crippen LogP contribution in [0.2, 0.25) is 0 Å². The molecule has 0 saturated heterocycles. The second-order valence-electron chi connectivity index (χ2n) is 30.5. The van der Waals surface area contributed by atoms with Crippen molar-refractivity contribution in [2.24, 2.45) is 0 Å². The van der Waals surface area contributed by atoms with Gasteiger partial charge in [-0.1, -0.05) is 277 Å². The first-order valence-electron chi connectivity index (χ1n) is 32.6. The minimum absolute atomic E-state index is 0.127. The molecule has 0 N–H and O–H groups in total. The molecule has 0 radical (unpaired) electrons. The zero-order valence-corrected chi connectivity index (χ0v) is 54.0. The molecule has 2 aliphatic heterocycles. The lowest BCUT2D eigenvalue weighted by atomic mass is 9.33. The third-order valence-corrected chi connectivity index (χ3v) is 21.0. The number of hydrogen-bond acceptors (Lipinski definition) is 2. The molecule has 4 aliphatic rings. The van der Waals surface area contributed by atoms with Gasteiger partial charge in [0.1, 0.15) is 0 Å². The van der Waals surface area contributed by atoms with Crippen LogP contribution in [-0.2, 0) is 27.1 Å². The first-order chi connectivity index (χ1) is 43.2. The van der Waals surface area contributed by atoms with Crippen molar-refractivity contribution in [3.63, 3.8) is 0 Å². The summed E-state index contributed by atoms with van der Waals surface area (Å²) in [4.78, 5) is 5.46. The lowest BCUT2D eigenvalue weighted by Crippen LogP contribution is -2.61. The number of anilines is 6. The predicted octanol–water partition coefficient (Wildman–Crippen LogP) is 21.6. The van der Waals surface area contributed by atoms with Crippen molar-refractivity contribution in [3.05, 3.63) is 281 Å². The molecule has 2 heterocycles. The lowest BCUT2D eigenvalue weighted by molar-refractivity contribution is 0.568. The average Bonchev–Trinajstić information content (AvgIpc) is 1.27. The fraction of sp³-hybridized carbons (Fsp3) is 0.195. The van der Waals surface area contributed by atoms with Crippen LogP contribution in [0.3, 0.4) is 0 Å². The molecule has 0 fully saturated rings. The van der Waals surface area contributed by atoms with E-state index in [1.165, 1.54) is 171 Å². The Morgan fingerprint density at radius 3 is 1.07 bits per heavy atom. The molecule has 0 atom stereocenters. The smallest absolute Gasteiger partial charge is 0.252 e. The quantitative estimate of drug-likeness (QED) is 0.128. The van der Waals surface area contributed by atoms with Crippen LogP contribution in [0.4, 0.5) is 34.1 Å². The number of rotatable bonds is 3. The van der Waals surface area contributed by atoms with Crippen LogP contribution in [-0.4, -0.2) is 6.71 Å². The summed E-state index contributed by atoms with van der Waals surface area (Å²) in [5.41, 5.74) is 28.5. The second-order valence-corrected chi connectivity index (χ2v) is 30.5. The zero-order valence-electron chi connectivity index (χ0n) is 54.0. The highest BCUT2D eigenvalue weighted by Crippen LogP contribution is 2.63. The van der Waals surface area contributed by atoms with Gasteiger partial charge in [0.2, 0.25) is 0 Å². The van der Waals surface area contributed by atoms with E-state index in [4.69, 9.17) is 0 Å². The van der Waals surface area contributed by atoms with Crippen molar-refractivity contribution in [2.45, 2.75) is 110 Å². The Kier molecular flexibility index (Phi) is 11.4. The van der Waals surface area contributed by atoms with Crippen LogP contribution in [0, 0.1) is 0 Å². The molecule has 90 heavy (non-hydrogen) atoms. The third-order valence-electron chi connectivity index (χ3n) is 21.0. The van der Waals surface area contributed by atoms with Crippen molar-refractivity contribution in [1.82, 2.24) is 0 Å². The largest absolute Gasteiger partial charge is 0.311 e. The summed E-state index contributed by atoms with van der Waals surface area (Å²) < 4.78 is 0. The standard InChI is InChI=1S/C87H75BN2/c1-83(2,3)56-46-57(84(4,5)6)49-60(48-56)89-78-44-55(54-35-36-69-68-29-19-22-32-74(68)87(75(69)43-54)72-30-20-17-27-66(72)67-28-18-21-31-73(67)87)45-79-80(78)88(76-41-39-64-62-25-15-13-23-52(62)33-37-70(64)81(76)89)77-42-40-65-63-26-16-14-24-53(63)34-38-71(65)82(77)90(79)61-50-58(85(7,8)9)47-59(51-61)86(10,11)12/h13-51H,1-12H3. The van der Waals surface area contributed by atoms with Crippen LogP contribution in [0.25, 0.3) is 76.5 Å². The van der Waals surface area contributed by atoms with E-state index in [2.05, 4.69) is 329 Å². The Balaban J connectivity index is 1.05. The summed E-state index contributed by atoms with van der Waals surface area (Å²) in [7, 11) is 0. The number of hydrogen-bond donors (Lipinski definition) is 0. The molecule has 13 aromatic rings. The number of nitrogens with zero attached hydrogens (tertiary/aromatic N) is 2. The van der Waals surface area contributed by atoms with E-state index >= 15 is 0 Å². The molecule has 0 unspecified atom stereocenters. The molecular weight excluding hydrogens is 1080 g/mol. The summed E-state index contributed by atoms with van der Waals surface area (Å²) in [5, 5.41) is 10.0. The normalized spacial score (nSPS) is 14.5. The SMILES string of the molecule is CC(C)(C)c1cc(N2c3cc(-c4ccc5c(c4)C4(c6ccccc6-c6ccccc64)c4ccccc4-5)cc4c3B(c3ccc5c(ccc6ccccc65)c32)c2ccc3c(ccc5ccccc53)c2N4c2cc(C(C)(C)C)cc(C(C)(C)C)c2)cc(C(C)(C)C)c1. The second kappa shape index (κ2) is 18.8. The van der Waals surface area contributed by atoms with Gasteiger partial charge in [0.05, 0.1) is 5.41 Å². The molecular formula is C87H75BN2. The molecule has 436 valence electrons. The monoisotopic (exact) mass is 1160 g/mol. The van der Waals surface area contributed by atoms with Crippen LogP contribution in [0.5, 0.6) is 0 Å². The van der Waals surface area contributed by atoms with Crippen molar-refractivity contribution in [2.75, 3.05) is 9.80 Å². The molecule has 2 aliphatic carbocycles. The van der Waals surface area contributed by atoms with E-state index in [9.17, 15) is 0 Å². The molecule has 1 spiro atoms. The molecule has 3 heteroatoms. The van der Waals surface area contributed by atoms with E-state index in [0.717, 1.165) is 0 Å². The van der Waals surface area contributed by atoms with Gasteiger partial charge in [-0.3, -0.25) is 0 Å². The molecule has 0 aromatic heterocycles. The Labute approximate surface area is 531 Å². The van der Waals surface area contributed by atoms with Gasteiger partial charge in [-0.15, -0.1) is 0 Å². The summed E-state index contributed by atoms with van der Waals surface area (Å²) in [6, 6.07) is 92.9. The highest BCUT2D eigenvalue weighted by atomic mass is 15.2. The predicted molar refractivity (Wildman–Crippen MR) is 387 cm³/mol. The topological polar surface area (TPSA) is 6.48 Å². The van der Waals surface area contributed by atoms with Crippen molar-refractivity contribution in [3.8, 4) is 33.4 Å². The Bertz CT molecular complexity index is 4910. The summed E-state index contributed by atoms with van der Waals surface area (Å²) in [6.07, 6.45) is 0. The highest BCUT2D eigenvalue weighted by Gasteiger charge is 2.52. The van der Waals surface area contributed by atoms with Crippen LogP contribution in [0.15, 0.2) is 237 Å². The molecule has 0 bridgehead atoms. The van der Waals surface area contributed by atoms with Crippen LogP contribution < -0.4 is 26.2 Å². The summed E-state index contributed by atoms with van der Waals surface area (Å²) >= 11 is 0. The first kappa shape index (κ1) is 54.7. The van der Waals surface area contributed by atoms with Crippen molar-refractivity contribution in [1.29, 1.82) is 0 Å². The number of benzene rings is 13. The van der Waals surface area contributed by atoms with Crippen LogP contribution >= 0.6 is 0 Å². The van der Waals surface area contributed by atoms with Gasteiger partial charge in [-0.25, -0.2) is 0 Å². The summed E-state index contributed by atoms with van der Waals surface area (Å²) in [6.45, 7) is 28.4.